The molecule has 11 nitrogen and oxygen atoms in total. The Morgan fingerprint density at radius 2 is 1.83 bits per heavy atom. The molecule has 0 aliphatic carbocycles. The third-order valence-corrected chi connectivity index (χ3v) is 8.44. The van der Waals surface area contributed by atoms with E-state index in [2.05, 4.69) is 10.6 Å². The summed E-state index contributed by atoms with van der Waals surface area (Å²) in [6.07, 6.45) is 0.0381. The van der Waals surface area contributed by atoms with E-state index in [1.807, 2.05) is 17.0 Å². The van der Waals surface area contributed by atoms with Gasteiger partial charge < -0.3 is 34.5 Å². The second kappa shape index (κ2) is 14.2. The largest absolute Gasteiger partial charge is 0.496 e. The van der Waals surface area contributed by atoms with E-state index in [1.54, 1.807) is 41.3 Å². The van der Waals surface area contributed by atoms with Crippen LogP contribution < -0.4 is 24.8 Å². The Kier molecular flexibility index (Phi) is 9.65. The zero-order valence-corrected chi connectivity index (χ0v) is 25.6. The van der Waals surface area contributed by atoms with Gasteiger partial charge in [0.1, 0.15) is 29.2 Å². The Hall–Kier alpha value is -4.68. The highest BCUT2D eigenvalue weighted by molar-refractivity contribution is 5.96. The number of fused-ring (bicyclic) bond motifs is 7. The summed E-state index contributed by atoms with van der Waals surface area (Å²) in [6, 6.07) is 16.1. The fourth-order valence-corrected chi connectivity index (χ4v) is 5.93. The molecule has 2 saturated heterocycles. The summed E-state index contributed by atoms with van der Waals surface area (Å²) in [6.45, 7) is 3.21. The maximum Gasteiger partial charge on any atom is 0.258 e. The molecule has 3 aromatic carbocycles. The van der Waals surface area contributed by atoms with Crippen molar-refractivity contribution in [2.45, 2.75) is 25.1 Å². The lowest BCUT2D eigenvalue weighted by atomic mass is 9.99. The van der Waals surface area contributed by atoms with Crippen molar-refractivity contribution in [2.75, 3.05) is 59.7 Å². The Bertz CT molecular complexity index is 1600. The van der Waals surface area contributed by atoms with Crippen molar-refractivity contribution in [3.05, 3.63) is 77.6 Å². The van der Waals surface area contributed by atoms with Gasteiger partial charge in [0, 0.05) is 44.4 Å². The highest BCUT2D eigenvalue weighted by atomic mass is 19.1. The lowest BCUT2D eigenvalue weighted by Gasteiger charge is -2.39. The Balaban J connectivity index is 1.31. The van der Waals surface area contributed by atoms with Crippen molar-refractivity contribution < 1.29 is 37.7 Å². The van der Waals surface area contributed by atoms with Crippen molar-refractivity contribution >= 4 is 17.7 Å². The molecule has 2 fully saturated rings. The van der Waals surface area contributed by atoms with Crippen molar-refractivity contribution in [1.82, 2.24) is 20.4 Å². The van der Waals surface area contributed by atoms with E-state index in [1.165, 1.54) is 19.2 Å². The molecule has 12 heteroatoms. The van der Waals surface area contributed by atoms with Crippen LogP contribution in [0, 0.1) is 5.82 Å². The average Bonchev–Trinajstić information content (AvgIpc) is 3.08. The molecule has 4 aliphatic heterocycles. The number of carbonyl (C=O) groups is 3. The minimum atomic E-state index is -0.666. The monoisotopic (exact) mass is 632 g/mol. The number of likely N-dealkylation sites (tertiary alicyclic amines) is 1. The number of hydrogen-bond donors (Lipinski definition) is 2. The van der Waals surface area contributed by atoms with Gasteiger partial charge in [-0.05, 0) is 53.9 Å². The van der Waals surface area contributed by atoms with Gasteiger partial charge >= 0.3 is 0 Å². The number of rotatable bonds is 3. The number of methoxy groups -OCH3 is 1. The van der Waals surface area contributed by atoms with Crippen molar-refractivity contribution in [1.29, 1.82) is 0 Å². The molecular weight excluding hydrogens is 595 g/mol. The number of carbonyl (C=O) groups excluding carboxylic acids is 3. The van der Waals surface area contributed by atoms with Crippen LogP contribution in [0.15, 0.2) is 60.7 Å². The number of morpholine rings is 1. The van der Waals surface area contributed by atoms with Crippen LogP contribution in [0.4, 0.5) is 4.39 Å². The molecule has 3 amide bonds. The Morgan fingerprint density at radius 3 is 2.65 bits per heavy atom. The lowest BCUT2D eigenvalue weighted by molar-refractivity contribution is -0.137. The first kappa shape index (κ1) is 31.3. The van der Waals surface area contributed by atoms with E-state index in [4.69, 9.17) is 18.9 Å². The highest BCUT2D eigenvalue weighted by Crippen LogP contribution is 2.29. The van der Waals surface area contributed by atoms with Crippen molar-refractivity contribution in [3.8, 4) is 28.4 Å². The van der Waals surface area contributed by atoms with Gasteiger partial charge in [0.15, 0.2) is 6.61 Å². The standard InChI is InChI=1S/C34H37FN4O7/c1-43-31-17-26-7-5-24(31)18-36-32(40)21-45-25-4-2-3-22(15-25)23-6-8-28(35)27(16-23)34(42)37-29-19-38(10-9-30(29)46-26)20-33(41)39-11-13-44-14-12-39/h2-8,15-17,29-30H,9-14,18-21H2,1H3,(H,36,40)(H,37,42)/t29-,30+/m1/s1. The molecule has 0 radical (unpaired) electrons. The first-order valence-corrected chi connectivity index (χ1v) is 15.4. The number of nitrogens with one attached hydrogen (secondary N) is 2. The number of piperidine rings is 1. The topological polar surface area (TPSA) is 119 Å². The maximum absolute atomic E-state index is 15.2. The normalized spacial score (nSPS) is 20.8. The number of amides is 3. The van der Waals surface area contributed by atoms with Gasteiger partial charge in [-0.3, -0.25) is 19.3 Å². The molecule has 4 aliphatic rings. The summed E-state index contributed by atoms with van der Waals surface area (Å²) in [5.41, 5.74) is 1.92. The van der Waals surface area contributed by atoms with Crippen molar-refractivity contribution in [2.24, 2.45) is 0 Å². The smallest absolute Gasteiger partial charge is 0.258 e. The fourth-order valence-electron chi connectivity index (χ4n) is 5.93. The molecule has 2 N–H and O–H groups in total. The summed E-state index contributed by atoms with van der Waals surface area (Å²) in [5, 5.41) is 5.86. The molecule has 4 heterocycles. The highest BCUT2D eigenvalue weighted by Gasteiger charge is 2.34. The number of nitrogens with zero attached hydrogens (tertiary/aromatic N) is 2. The molecule has 46 heavy (non-hydrogen) atoms. The van der Waals surface area contributed by atoms with Gasteiger partial charge in [0.05, 0.1) is 38.5 Å². The molecule has 2 atom stereocenters. The predicted octanol–water partition coefficient (Wildman–Crippen LogP) is 2.62. The van der Waals surface area contributed by atoms with E-state index in [-0.39, 0.29) is 37.1 Å². The maximum atomic E-state index is 15.2. The first-order valence-electron chi connectivity index (χ1n) is 15.4. The van der Waals surface area contributed by atoms with Crippen LogP contribution in [-0.4, -0.2) is 99.3 Å². The van der Waals surface area contributed by atoms with E-state index in [0.29, 0.717) is 74.2 Å². The number of halogens is 1. The molecule has 6 bridgehead atoms. The lowest BCUT2D eigenvalue weighted by Crippen LogP contribution is -2.58. The van der Waals surface area contributed by atoms with Gasteiger partial charge in [-0.15, -0.1) is 0 Å². The summed E-state index contributed by atoms with van der Waals surface area (Å²) >= 11 is 0. The summed E-state index contributed by atoms with van der Waals surface area (Å²) in [5.74, 6) is -0.0884. The summed E-state index contributed by atoms with van der Waals surface area (Å²) < 4.78 is 38.3. The molecule has 3 aromatic rings. The minimum absolute atomic E-state index is 0.00160. The van der Waals surface area contributed by atoms with Crippen LogP contribution in [0.3, 0.4) is 0 Å². The zero-order valence-electron chi connectivity index (χ0n) is 25.6. The first-order chi connectivity index (χ1) is 22.4. The quantitative estimate of drug-likeness (QED) is 0.453. The molecule has 0 unspecified atom stereocenters. The van der Waals surface area contributed by atoms with Crippen LogP contribution >= 0.6 is 0 Å². The predicted molar refractivity (Wildman–Crippen MR) is 166 cm³/mol. The second-order valence-corrected chi connectivity index (χ2v) is 11.5. The van der Waals surface area contributed by atoms with Crippen LogP contribution in [0.1, 0.15) is 22.3 Å². The minimum Gasteiger partial charge on any atom is -0.496 e. The van der Waals surface area contributed by atoms with E-state index < -0.39 is 23.9 Å². The van der Waals surface area contributed by atoms with Crippen LogP contribution in [0.2, 0.25) is 0 Å². The molecular formula is C34H37FN4O7. The van der Waals surface area contributed by atoms with E-state index in [0.717, 1.165) is 5.56 Å². The third kappa shape index (κ3) is 7.40. The zero-order chi connectivity index (χ0) is 32.0. The summed E-state index contributed by atoms with van der Waals surface area (Å²) in [7, 11) is 1.54. The molecule has 0 aromatic heterocycles. The van der Waals surface area contributed by atoms with Crippen molar-refractivity contribution in [3.63, 3.8) is 0 Å². The van der Waals surface area contributed by atoms with E-state index >= 15 is 4.39 Å². The van der Waals surface area contributed by atoms with Gasteiger partial charge in [-0.1, -0.05) is 18.2 Å². The second-order valence-electron chi connectivity index (χ2n) is 11.5. The average molecular weight is 633 g/mol. The number of ether oxygens (including phenoxy) is 4. The Labute approximate surface area is 266 Å². The fraction of sp³-hybridized carbons (Fsp3) is 0.382. The van der Waals surface area contributed by atoms with Gasteiger partial charge in [0.2, 0.25) is 5.91 Å². The molecule has 0 saturated carbocycles. The van der Waals surface area contributed by atoms with Gasteiger partial charge in [-0.2, -0.15) is 0 Å². The number of benzene rings is 3. The van der Waals surface area contributed by atoms with Gasteiger partial charge in [-0.25, -0.2) is 4.39 Å². The number of hydrogen-bond acceptors (Lipinski definition) is 8. The van der Waals surface area contributed by atoms with E-state index in [9.17, 15) is 14.4 Å². The van der Waals surface area contributed by atoms with Crippen LogP contribution in [0.5, 0.6) is 17.2 Å². The molecule has 7 rings (SSSR count). The van der Waals surface area contributed by atoms with Gasteiger partial charge in [0.25, 0.3) is 11.8 Å². The van der Waals surface area contributed by atoms with Crippen LogP contribution in [-0.2, 0) is 20.9 Å². The van der Waals surface area contributed by atoms with Crippen LogP contribution in [0.25, 0.3) is 11.1 Å². The summed E-state index contributed by atoms with van der Waals surface area (Å²) in [4.78, 5) is 43.1. The molecule has 242 valence electrons. The molecule has 0 spiro atoms. The Morgan fingerprint density at radius 1 is 1.00 bits per heavy atom. The SMILES string of the molecule is COc1cc2ccc1CNC(=O)COc1cccc(c1)-c1ccc(F)c(c1)C(=O)N[C@@H]1CN(CC(=O)N3CCOCC3)CC[C@@H]1O2. The third-order valence-electron chi connectivity index (χ3n) is 8.44.